The third-order valence-corrected chi connectivity index (χ3v) is 5.65. The fourth-order valence-corrected chi connectivity index (χ4v) is 3.48. The lowest BCUT2D eigenvalue weighted by Crippen LogP contribution is -2.10. The van der Waals surface area contributed by atoms with Crippen molar-refractivity contribution in [2.24, 2.45) is 0 Å². The molecule has 0 aliphatic carbocycles. The Hall–Kier alpha value is -2.75. The van der Waals surface area contributed by atoms with Crippen LogP contribution in [0.3, 0.4) is 0 Å². The van der Waals surface area contributed by atoms with Crippen molar-refractivity contribution in [3.05, 3.63) is 105 Å². The standard InChI is InChI=1S/C27H26Cl2O3/c1-27(2,3)21-12-7-20(8-13-21)17-32-26(30)16-11-19-9-14-22(15-10-19)31-18-23-24(28)5-4-6-25(23)29/h4-16H,17-18H2,1-3H3. The molecule has 3 rings (SSSR count). The van der Waals surface area contributed by atoms with Crippen molar-refractivity contribution in [2.45, 2.75) is 39.4 Å². The van der Waals surface area contributed by atoms with Crippen LogP contribution in [-0.2, 0) is 28.2 Å². The van der Waals surface area contributed by atoms with Crippen molar-refractivity contribution in [2.75, 3.05) is 0 Å². The summed E-state index contributed by atoms with van der Waals surface area (Å²) >= 11 is 12.3. The largest absolute Gasteiger partial charge is 0.489 e. The van der Waals surface area contributed by atoms with Crippen LogP contribution < -0.4 is 4.74 Å². The first-order valence-electron chi connectivity index (χ1n) is 10.3. The van der Waals surface area contributed by atoms with Gasteiger partial charge in [0.05, 0.1) is 0 Å². The Labute approximate surface area is 199 Å². The summed E-state index contributed by atoms with van der Waals surface area (Å²) in [5, 5.41) is 1.14. The van der Waals surface area contributed by atoms with Crippen molar-refractivity contribution in [3.8, 4) is 5.75 Å². The van der Waals surface area contributed by atoms with Crippen molar-refractivity contribution >= 4 is 35.2 Å². The van der Waals surface area contributed by atoms with Crippen LogP contribution in [0.4, 0.5) is 0 Å². The van der Waals surface area contributed by atoms with E-state index in [1.165, 1.54) is 11.6 Å². The number of hydrogen-bond donors (Lipinski definition) is 0. The number of benzene rings is 3. The van der Waals surface area contributed by atoms with Gasteiger partial charge in [-0.15, -0.1) is 0 Å². The molecule has 3 nitrogen and oxygen atoms in total. The quantitative estimate of drug-likeness (QED) is 0.264. The van der Waals surface area contributed by atoms with E-state index in [1.807, 2.05) is 36.4 Å². The van der Waals surface area contributed by atoms with Gasteiger partial charge in [-0.3, -0.25) is 0 Å². The smallest absolute Gasteiger partial charge is 0.331 e. The molecule has 0 saturated carbocycles. The minimum atomic E-state index is -0.390. The van der Waals surface area contributed by atoms with E-state index in [9.17, 15) is 4.79 Å². The van der Waals surface area contributed by atoms with Gasteiger partial charge < -0.3 is 9.47 Å². The van der Waals surface area contributed by atoms with Crippen LogP contribution in [0.15, 0.2) is 72.8 Å². The Morgan fingerprint density at radius 1 is 0.875 bits per heavy atom. The topological polar surface area (TPSA) is 35.5 Å². The van der Waals surface area contributed by atoms with E-state index in [2.05, 4.69) is 32.9 Å². The van der Waals surface area contributed by atoms with Crippen LogP contribution in [0.25, 0.3) is 6.08 Å². The van der Waals surface area contributed by atoms with Gasteiger partial charge in [0.1, 0.15) is 19.0 Å². The van der Waals surface area contributed by atoms with Gasteiger partial charge in [0.15, 0.2) is 0 Å². The first-order valence-corrected chi connectivity index (χ1v) is 11.1. The van der Waals surface area contributed by atoms with Gasteiger partial charge >= 0.3 is 5.97 Å². The average molecular weight is 469 g/mol. The lowest BCUT2D eigenvalue weighted by molar-refractivity contribution is -0.138. The molecule has 0 aliphatic rings. The molecule has 166 valence electrons. The van der Waals surface area contributed by atoms with Gasteiger partial charge in [-0.05, 0) is 52.4 Å². The molecule has 0 saturated heterocycles. The van der Waals surface area contributed by atoms with Crippen LogP contribution in [0.2, 0.25) is 10.0 Å². The zero-order chi connectivity index (χ0) is 23.1. The average Bonchev–Trinajstić information content (AvgIpc) is 2.76. The number of rotatable bonds is 7. The zero-order valence-corrected chi connectivity index (χ0v) is 19.9. The molecule has 0 N–H and O–H groups in total. The molecule has 0 unspecified atom stereocenters. The summed E-state index contributed by atoms with van der Waals surface area (Å²) in [6.45, 7) is 7.02. The Kier molecular flexibility index (Phi) is 8.00. The number of carbonyl (C=O) groups is 1. The molecule has 0 bridgehead atoms. The predicted molar refractivity (Wildman–Crippen MR) is 131 cm³/mol. The van der Waals surface area contributed by atoms with Gasteiger partial charge in [-0.2, -0.15) is 0 Å². The second kappa shape index (κ2) is 10.7. The first kappa shape index (κ1) is 23.9. The van der Waals surface area contributed by atoms with Crippen molar-refractivity contribution < 1.29 is 14.3 Å². The number of hydrogen-bond acceptors (Lipinski definition) is 3. The summed E-state index contributed by atoms with van der Waals surface area (Å²) in [5.41, 5.74) is 3.91. The lowest BCUT2D eigenvalue weighted by atomic mass is 9.87. The maximum atomic E-state index is 12.0. The minimum absolute atomic E-state index is 0.0974. The Morgan fingerprint density at radius 2 is 1.50 bits per heavy atom. The molecule has 0 aromatic heterocycles. The van der Waals surface area contributed by atoms with Crippen LogP contribution >= 0.6 is 23.2 Å². The third-order valence-electron chi connectivity index (χ3n) is 4.94. The van der Waals surface area contributed by atoms with Crippen LogP contribution in [0.5, 0.6) is 5.75 Å². The second-order valence-electron chi connectivity index (χ2n) is 8.45. The van der Waals surface area contributed by atoms with Crippen LogP contribution in [0.1, 0.15) is 43.0 Å². The summed E-state index contributed by atoms with van der Waals surface area (Å²) < 4.78 is 11.1. The molecule has 3 aromatic rings. The van der Waals surface area contributed by atoms with Crippen molar-refractivity contribution in [1.82, 2.24) is 0 Å². The number of halogens is 2. The maximum Gasteiger partial charge on any atom is 0.331 e. The fraction of sp³-hybridized carbons (Fsp3) is 0.222. The highest BCUT2D eigenvalue weighted by molar-refractivity contribution is 6.35. The van der Waals surface area contributed by atoms with E-state index in [1.54, 1.807) is 24.3 Å². The SMILES string of the molecule is CC(C)(C)c1ccc(COC(=O)C=Cc2ccc(OCc3c(Cl)cccc3Cl)cc2)cc1. The van der Waals surface area contributed by atoms with Gasteiger partial charge in [-0.1, -0.05) is 86.4 Å². The van der Waals surface area contributed by atoms with E-state index in [-0.39, 0.29) is 18.6 Å². The summed E-state index contributed by atoms with van der Waals surface area (Å²) in [6.07, 6.45) is 3.13. The molecule has 0 heterocycles. The highest BCUT2D eigenvalue weighted by Crippen LogP contribution is 2.26. The molecule has 0 fully saturated rings. The molecule has 3 aromatic carbocycles. The van der Waals surface area contributed by atoms with E-state index in [4.69, 9.17) is 32.7 Å². The second-order valence-corrected chi connectivity index (χ2v) is 9.26. The lowest BCUT2D eigenvalue weighted by Gasteiger charge is -2.19. The Bertz CT molecular complexity index is 1060. The molecular weight excluding hydrogens is 443 g/mol. The summed E-state index contributed by atoms with van der Waals surface area (Å²) in [5.74, 6) is 0.290. The Morgan fingerprint density at radius 3 is 2.09 bits per heavy atom. The summed E-state index contributed by atoms with van der Waals surface area (Å²) in [4.78, 5) is 12.0. The predicted octanol–water partition coefficient (Wildman–Crippen LogP) is 7.63. The molecular formula is C27H26Cl2O3. The molecule has 0 spiro atoms. The fourth-order valence-electron chi connectivity index (χ4n) is 2.97. The van der Waals surface area contributed by atoms with Crippen LogP contribution in [-0.4, -0.2) is 5.97 Å². The first-order chi connectivity index (χ1) is 15.2. The van der Waals surface area contributed by atoms with Crippen molar-refractivity contribution in [3.63, 3.8) is 0 Å². The van der Waals surface area contributed by atoms with E-state index in [0.29, 0.717) is 15.8 Å². The van der Waals surface area contributed by atoms with E-state index >= 15 is 0 Å². The minimum Gasteiger partial charge on any atom is -0.489 e. The molecule has 0 amide bonds. The molecule has 0 aliphatic heterocycles. The molecule has 5 heteroatoms. The normalized spacial score (nSPS) is 11.5. The maximum absolute atomic E-state index is 12.0. The number of ether oxygens (including phenoxy) is 2. The van der Waals surface area contributed by atoms with E-state index in [0.717, 1.165) is 16.7 Å². The highest BCUT2D eigenvalue weighted by atomic mass is 35.5. The van der Waals surface area contributed by atoms with Crippen molar-refractivity contribution in [1.29, 1.82) is 0 Å². The number of carbonyl (C=O) groups excluding carboxylic acids is 1. The van der Waals surface area contributed by atoms with Gasteiger partial charge in [-0.25, -0.2) is 4.79 Å². The van der Waals surface area contributed by atoms with E-state index < -0.39 is 5.97 Å². The third kappa shape index (κ3) is 6.88. The molecule has 32 heavy (non-hydrogen) atoms. The molecule has 0 atom stereocenters. The van der Waals surface area contributed by atoms with Gasteiger partial charge in [0, 0.05) is 21.7 Å². The summed E-state index contributed by atoms with van der Waals surface area (Å²) in [6, 6.07) is 20.8. The zero-order valence-electron chi connectivity index (χ0n) is 18.4. The number of esters is 1. The van der Waals surface area contributed by atoms with Gasteiger partial charge in [0.2, 0.25) is 0 Å². The summed E-state index contributed by atoms with van der Waals surface area (Å²) in [7, 11) is 0. The highest BCUT2D eigenvalue weighted by Gasteiger charge is 2.13. The van der Waals surface area contributed by atoms with Gasteiger partial charge in [0.25, 0.3) is 0 Å². The monoisotopic (exact) mass is 468 g/mol. The Balaban J connectivity index is 1.49. The van der Waals surface area contributed by atoms with Crippen LogP contribution in [0, 0.1) is 0 Å². The molecule has 0 radical (unpaired) electrons.